The Kier molecular flexibility index (Phi) is 4.70. The van der Waals surface area contributed by atoms with Crippen molar-refractivity contribution in [2.75, 3.05) is 11.9 Å². The summed E-state index contributed by atoms with van der Waals surface area (Å²) in [6.45, 7) is 3.61. The summed E-state index contributed by atoms with van der Waals surface area (Å²) >= 11 is 0. The average Bonchev–Trinajstić information content (AvgIpc) is 2.47. The molecular formula is C17H16N2O2. The number of carbonyl (C=O) groups excluding carboxylic acids is 1. The van der Waals surface area contributed by atoms with Crippen molar-refractivity contribution in [3.8, 4) is 11.8 Å². The summed E-state index contributed by atoms with van der Waals surface area (Å²) in [6, 6.07) is 9.00. The molecule has 0 saturated heterocycles. The molecule has 1 heterocycles. The van der Waals surface area contributed by atoms with Gasteiger partial charge in [-0.1, -0.05) is 11.8 Å². The number of benzene rings is 1. The van der Waals surface area contributed by atoms with E-state index >= 15 is 0 Å². The summed E-state index contributed by atoms with van der Waals surface area (Å²) in [6.07, 6.45) is 1.55. The molecule has 21 heavy (non-hydrogen) atoms. The average molecular weight is 280 g/mol. The van der Waals surface area contributed by atoms with Crippen LogP contribution >= 0.6 is 0 Å². The van der Waals surface area contributed by atoms with E-state index in [1.165, 1.54) is 0 Å². The summed E-state index contributed by atoms with van der Waals surface area (Å²) in [7, 11) is 0. The molecule has 0 radical (unpaired) electrons. The van der Waals surface area contributed by atoms with E-state index in [-0.39, 0.29) is 12.5 Å². The summed E-state index contributed by atoms with van der Waals surface area (Å²) in [5.41, 5.74) is 3.86. The molecule has 1 amide bonds. The van der Waals surface area contributed by atoms with Crippen molar-refractivity contribution in [3.05, 3.63) is 58.9 Å². The van der Waals surface area contributed by atoms with Gasteiger partial charge < -0.3 is 10.4 Å². The maximum atomic E-state index is 12.1. The highest BCUT2D eigenvalue weighted by atomic mass is 16.2. The molecular weight excluding hydrogens is 264 g/mol. The normalized spacial score (nSPS) is 9.67. The van der Waals surface area contributed by atoms with Gasteiger partial charge in [-0.25, -0.2) is 0 Å². The first-order chi connectivity index (χ1) is 10.1. The highest BCUT2D eigenvalue weighted by Gasteiger charge is 2.07. The SMILES string of the molecule is Cc1ccc(C(=O)Nc2ccc(C#CCO)c(C)c2)cn1. The van der Waals surface area contributed by atoms with Gasteiger partial charge in [-0.2, -0.15) is 0 Å². The second-order valence-electron chi connectivity index (χ2n) is 4.63. The van der Waals surface area contributed by atoms with Crippen LogP contribution in [0.5, 0.6) is 0 Å². The van der Waals surface area contributed by atoms with Gasteiger partial charge in [0, 0.05) is 23.1 Å². The number of carbonyl (C=O) groups is 1. The fourth-order valence-electron chi connectivity index (χ4n) is 1.82. The van der Waals surface area contributed by atoms with Crippen molar-refractivity contribution in [1.82, 2.24) is 4.98 Å². The smallest absolute Gasteiger partial charge is 0.257 e. The second kappa shape index (κ2) is 6.69. The Morgan fingerprint density at radius 2 is 2.10 bits per heavy atom. The van der Waals surface area contributed by atoms with Crippen LogP contribution in [0.2, 0.25) is 0 Å². The standard InChI is InChI=1S/C17H16N2O2/c1-12-10-16(8-7-14(12)4-3-9-20)19-17(21)15-6-5-13(2)18-11-15/h5-8,10-11,20H,9H2,1-2H3,(H,19,21). The zero-order chi connectivity index (χ0) is 15.2. The fraction of sp³-hybridized carbons (Fsp3) is 0.176. The van der Waals surface area contributed by atoms with E-state index in [1.807, 2.05) is 26.0 Å². The molecule has 0 spiro atoms. The zero-order valence-corrected chi connectivity index (χ0v) is 12.0. The molecule has 4 heteroatoms. The highest BCUT2D eigenvalue weighted by molar-refractivity contribution is 6.04. The molecule has 0 aliphatic heterocycles. The molecule has 106 valence electrons. The zero-order valence-electron chi connectivity index (χ0n) is 12.0. The van der Waals surface area contributed by atoms with Gasteiger partial charge in [-0.15, -0.1) is 0 Å². The van der Waals surface area contributed by atoms with Crippen LogP contribution in [0.4, 0.5) is 5.69 Å². The van der Waals surface area contributed by atoms with Crippen molar-refractivity contribution < 1.29 is 9.90 Å². The number of hydrogen-bond donors (Lipinski definition) is 2. The van der Waals surface area contributed by atoms with Crippen molar-refractivity contribution in [2.24, 2.45) is 0 Å². The Morgan fingerprint density at radius 1 is 1.29 bits per heavy atom. The molecule has 0 bridgehead atoms. The number of nitrogens with one attached hydrogen (secondary N) is 1. The van der Waals surface area contributed by atoms with Gasteiger partial charge in [0.1, 0.15) is 6.61 Å². The van der Waals surface area contributed by atoms with Gasteiger partial charge in [-0.3, -0.25) is 9.78 Å². The predicted octanol–water partition coefficient (Wildman–Crippen LogP) is 2.29. The molecule has 2 N–H and O–H groups in total. The second-order valence-corrected chi connectivity index (χ2v) is 4.63. The number of aliphatic hydroxyl groups excluding tert-OH is 1. The van der Waals surface area contributed by atoms with Crippen LogP contribution in [0.15, 0.2) is 36.5 Å². The van der Waals surface area contributed by atoms with Crippen LogP contribution in [0, 0.1) is 25.7 Å². The first-order valence-corrected chi connectivity index (χ1v) is 6.54. The van der Waals surface area contributed by atoms with E-state index in [0.29, 0.717) is 11.3 Å². The number of hydrogen-bond acceptors (Lipinski definition) is 3. The van der Waals surface area contributed by atoms with Crippen LogP contribution in [-0.4, -0.2) is 22.6 Å². The quantitative estimate of drug-likeness (QED) is 0.830. The summed E-state index contributed by atoms with van der Waals surface area (Å²) in [5.74, 6) is 5.27. The lowest BCUT2D eigenvalue weighted by Crippen LogP contribution is -2.12. The van der Waals surface area contributed by atoms with E-state index in [0.717, 1.165) is 16.8 Å². The van der Waals surface area contributed by atoms with E-state index in [2.05, 4.69) is 22.1 Å². The number of aliphatic hydroxyl groups is 1. The van der Waals surface area contributed by atoms with E-state index in [9.17, 15) is 4.79 Å². The molecule has 0 atom stereocenters. The Labute approximate surface area is 123 Å². The number of aryl methyl sites for hydroxylation is 2. The number of amides is 1. The summed E-state index contributed by atoms with van der Waals surface area (Å²) in [4.78, 5) is 16.2. The molecule has 0 fully saturated rings. The Hall–Kier alpha value is -2.64. The molecule has 1 aromatic heterocycles. The minimum atomic E-state index is -0.198. The summed E-state index contributed by atoms with van der Waals surface area (Å²) in [5, 5.41) is 11.5. The van der Waals surface area contributed by atoms with Gasteiger partial charge in [-0.05, 0) is 49.7 Å². The number of anilines is 1. The fourth-order valence-corrected chi connectivity index (χ4v) is 1.82. The highest BCUT2D eigenvalue weighted by Crippen LogP contribution is 2.15. The molecule has 0 aliphatic rings. The number of aromatic nitrogens is 1. The monoisotopic (exact) mass is 280 g/mol. The van der Waals surface area contributed by atoms with Gasteiger partial charge in [0.2, 0.25) is 0 Å². The van der Waals surface area contributed by atoms with Gasteiger partial charge in [0.15, 0.2) is 0 Å². The van der Waals surface area contributed by atoms with E-state index < -0.39 is 0 Å². The van der Waals surface area contributed by atoms with Gasteiger partial charge >= 0.3 is 0 Å². The van der Waals surface area contributed by atoms with Gasteiger partial charge in [0.25, 0.3) is 5.91 Å². The Balaban J connectivity index is 2.14. The maximum Gasteiger partial charge on any atom is 0.257 e. The van der Waals surface area contributed by atoms with Crippen molar-refractivity contribution in [1.29, 1.82) is 0 Å². The lowest BCUT2D eigenvalue weighted by molar-refractivity contribution is 0.102. The third kappa shape index (κ3) is 3.91. The van der Waals surface area contributed by atoms with Crippen LogP contribution < -0.4 is 5.32 Å². The Morgan fingerprint density at radius 3 is 2.71 bits per heavy atom. The van der Waals surface area contributed by atoms with E-state index in [1.54, 1.807) is 24.4 Å². The number of rotatable bonds is 2. The van der Waals surface area contributed by atoms with Crippen molar-refractivity contribution >= 4 is 11.6 Å². The third-order valence-electron chi connectivity index (χ3n) is 2.96. The van der Waals surface area contributed by atoms with Crippen LogP contribution in [0.25, 0.3) is 0 Å². The van der Waals surface area contributed by atoms with Gasteiger partial charge in [0.05, 0.1) is 5.56 Å². The lowest BCUT2D eigenvalue weighted by Gasteiger charge is -2.07. The van der Waals surface area contributed by atoms with E-state index in [4.69, 9.17) is 5.11 Å². The van der Waals surface area contributed by atoms with Crippen molar-refractivity contribution in [3.63, 3.8) is 0 Å². The molecule has 2 rings (SSSR count). The van der Waals surface area contributed by atoms with Crippen molar-refractivity contribution in [2.45, 2.75) is 13.8 Å². The first-order valence-electron chi connectivity index (χ1n) is 6.54. The minimum absolute atomic E-state index is 0.168. The van der Waals surface area contributed by atoms with Crippen LogP contribution in [-0.2, 0) is 0 Å². The molecule has 0 unspecified atom stereocenters. The topological polar surface area (TPSA) is 62.2 Å². The summed E-state index contributed by atoms with van der Waals surface area (Å²) < 4.78 is 0. The van der Waals surface area contributed by atoms with Crippen LogP contribution in [0.3, 0.4) is 0 Å². The molecule has 1 aromatic carbocycles. The molecule has 0 aliphatic carbocycles. The Bertz CT molecular complexity index is 710. The molecule has 0 saturated carbocycles. The molecule has 4 nitrogen and oxygen atoms in total. The largest absolute Gasteiger partial charge is 0.384 e. The maximum absolute atomic E-state index is 12.1. The predicted molar refractivity (Wildman–Crippen MR) is 82.1 cm³/mol. The number of nitrogens with zero attached hydrogens (tertiary/aromatic N) is 1. The molecule has 2 aromatic rings. The van der Waals surface area contributed by atoms with Crippen LogP contribution in [0.1, 0.15) is 27.2 Å². The first kappa shape index (κ1) is 14.8. The number of pyridine rings is 1. The lowest BCUT2D eigenvalue weighted by atomic mass is 10.1. The third-order valence-corrected chi connectivity index (χ3v) is 2.96. The minimum Gasteiger partial charge on any atom is -0.384 e.